The van der Waals surface area contributed by atoms with Crippen LogP contribution in [-0.4, -0.2) is 142 Å². The highest BCUT2D eigenvalue weighted by atomic mass is 19.1. The number of rotatable bonds is 15. The van der Waals surface area contributed by atoms with Gasteiger partial charge in [0.2, 0.25) is 11.8 Å². The van der Waals surface area contributed by atoms with Crippen LogP contribution in [-0.2, 0) is 29.3 Å². The second-order valence-electron chi connectivity index (χ2n) is 21.6. The number of aromatic amines is 2. The average molecular weight is 1130 g/mol. The molecule has 0 saturated carbocycles. The zero-order valence-electron chi connectivity index (χ0n) is 45.4. The fraction of sp³-hybridized carbons (Fsp3) is 0.474. The predicted molar refractivity (Wildman–Crippen MR) is 286 cm³/mol. The normalized spacial score (nSPS) is 22.1. The van der Waals surface area contributed by atoms with Gasteiger partial charge in [-0.2, -0.15) is 0 Å². The molecule has 6 aromatic rings. The van der Waals surface area contributed by atoms with Gasteiger partial charge in [-0.3, -0.25) is 9.59 Å². The third-order valence-corrected chi connectivity index (χ3v) is 16.9. The lowest BCUT2D eigenvalue weighted by atomic mass is 9.89. The molecule has 81 heavy (non-hydrogen) atoms. The molecule has 6 heterocycles. The lowest BCUT2D eigenvalue weighted by Gasteiger charge is -2.37. The second-order valence-corrected chi connectivity index (χ2v) is 21.6. The Morgan fingerprint density at radius 3 is 1.90 bits per heavy atom. The molecule has 8 atom stereocenters. The number of hydrogen-bond acceptors (Lipinski definition) is 13. The number of halogens is 5. The number of alkyl carbamates (subject to hydrolysis) is 2. The van der Waals surface area contributed by atoms with Gasteiger partial charge in [0.15, 0.2) is 11.6 Å². The molecular weight excluding hydrogens is 1060 g/mol. The number of nitrogens with one attached hydrogen (secondary N) is 4. The van der Waals surface area contributed by atoms with Crippen molar-refractivity contribution < 1.29 is 65.6 Å². The van der Waals surface area contributed by atoms with Gasteiger partial charge in [-0.15, -0.1) is 0 Å². The maximum absolute atomic E-state index is 17.1. The number of anilines is 2. The molecule has 0 unspecified atom stereocenters. The number of aliphatic hydroxyl groups excluding tert-OH is 2. The Kier molecular flexibility index (Phi) is 16.2. The Balaban J connectivity index is 1.00. The van der Waals surface area contributed by atoms with E-state index in [9.17, 15) is 33.8 Å². The number of aliphatic hydroxyl groups is 2. The van der Waals surface area contributed by atoms with Crippen LogP contribution in [0.1, 0.15) is 118 Å². The van der Waals surface area contributed by atoms with Gasteiger partial charge in [0.1, 0.15) is 53.0 Å². The molecule has 4 aromatic carbocycles. The van der Waals surface area contributed by atoms with Gasteiger partial charge in [0.25, 0.3) is 0 Å². The Hall–Kier alpha value is -7.57. The summed E-state index contributed by atoms with van der Waals surface area (Å²) in [6, 6.07) is 8.92. The third-order valence-electron chi connectivity index (χ3n) is 16.9. The molecule has 0 spiro atoms. The number of fused-ring (bicyclic) bond motifs is 2. The van der Waals surface area contributed by atoms with Crippen LogP contribution in [0.25, 0.3) is 22.1 Å². The topological polar surface area (TPSA) is 231 Å². The molecule has 24 heteroatoms. The quantitative estimate of drug-likeness (QED) is 0.0537. The van der Waals surface area contributed by atoms with Gasteiger partial charge in [-0.25, -0.2) is 41.5 Å². The summed E-state index contributed by atoms with van der Waals surface area (Å²) in [4.78, 5) is 75.0. The molecule has 4 aliphatic heterocycles. The standard InChI is InChI=1S/C57H65F5N10O9/c1-29(79-3)48(67-55(77)80-4)53(76)71-19-7-17-57(71,2)54-65-41-25-35(37(60)27-43(41)66-54)45-14-13-44(72(45)33-22-38(61)50(39(62)23-33)69-20-15-31(16-21-69)30-9-11-32(58)12-10-30)34-24-40-42(26-36(34)59)64-51(63-40)46-8-6-18-70(46)52(75)49(47(74)28-73)68-56(78)81-5/h9-12,22-27,29,31,44-49,73-74H,6-8,13-21,28H2,1-5H3,(H,63,64)(H,65,66)(H,67,77)(H,68,78)/t29-,44-,45-,46+,47-,48+,49+,57-/m1/s1. The van der Waals surface area contributed by atoms with Crippen molar-refractivity contribution in [1.29, 1.82) is 0 Å². The Labute approximate surface area is 463 Å². The van der Waals surface area contributed by atoms with Crippen LogP contribution >= 0.6 is 0 Å². The summed E-state index contributed by atoms with van der Waals surface area (Å²) in [7, 11) is 3.69. The van der Waals surface area contributed by atoms with Crippen LogP contribution < -0.4 is 20.4 Å². The summed E-state index contributed by atoms with van der Waals surface area (Å²) in [5, 5.41) is 25.1. The molecule has 4 amide bonds. The minimum Gasteiger partial charge on any atom is -0.453 e. The van der Waals surface area contributed by atoms with E-state index >= 15 is 17.6 Å². The van der Waals surface area contributed by atoms with Crippen LogP contribution in [0.15, 0.2) is 60.7 Å². The summed E-state index contributed by atoms with van der Waals surface area (Å²) in [6.07, 6.45) is -0.773. The molecule has 2 aromatic heterocycles. The van der Waals surface area contributed by atoms with E-state index in [1.807, 2.05) is 6.92 Å². The molecule has 4 saturated heterocycles. The summed E-state index contributed by atoms with van der Waals surface area (Å²) < 4.78 is 96.5. The number of methoxy groups -OCH3 is 3. The maximum atomic E-state index is 17.1. The van der Waals surface area contributed by atoms with Crippen LogP contribution in [0.3, 0.4) is 0 Å². The van der Waals surface area contributed by atoms with Crippen molar-refractivity contribution in [3.8, 4) is 0 Å². The number of carbonyl (C=O) groups excluding carboxylic acids is 4. The molecule has 4 fully saturated rings. The van der Waals surface area contributed by atoms with E-state index in [1.165, 1.54) is 55.5 Å². The highest BCUT2D eigenvalue weighted by molar-refractivity contribution is 5.88. The number of aromatic nitrogens is 4. The molecule has 432 valence electrons. The van der Waals surface area contributed by atoms with Crippen molar-refractivity contribution in [2.24, 2.45) is 0 Å². The van der Waals surface area contributed by atoms with Gasteiger partial charge in [-0.05, 0) is 113 Å². The number of likely N-dealkylation sites (tertiary alicyclic amines) is 2. The van der Waals surface area contributed by atoms with E-state index < -0.39 is 102 Å². The van der Waals surface area contributed by atoms with E-state index in [4.69, 9.17) is 14.5 Å². The Bertz CT molecular complexity index is 3320. The molecule has 4 aliphatic rings. The zero-order chi connectivity index (χ0) is 57.6. The summed E-state index contributed by atoms with van der Waals surface area (Å²) in [6.45, 7) is 3.77. The van der Waals surface area contributed by atoms with Crippen molar-refractivity contribution in [3.05, 3.63) is 118 Å². The van der Waals surface area contributed by atoms with Gasteiger partial charge in [-0.1, -0.05) is 12.1 Å². The average Bonchev–Trinajstić information content (AvgIpc) is 4.17. The van der Waals surface area contributed by atoms with Gasteiger partial charge in [0, 0.05) is 62.2 Å². The minimum atomic E-state index is -1.66. The molecule has 19 nitrogen and oxygen atoms in total. The van der Waals surface area contributed by atoms with Crippen LogP contribution in [0.4, 0.5) is 42.9 Å². The highest BCUT2D eigenvalue weighted by Gasteiger charge is 2.48. The largest absolute Gasteiger partial charge is 0.453 e. The monoisotopic (exact) mass is 1130 g/mol. The van der Waals surface area contributed by atoms with Gasteiger partial charge >= 0.3 is 12.2 Å². The fourth-order valence-electron chi connectivity index (χ4n) is 12.5. The van der Waals surface area contributed by atoms with Crippen molar-refractivity contribution in [2.75, 3.05) is 63.9 Å². The fourth-order valence-corrected chi connectivity index (χ4v) is 12.5. The van der Waals surface area contributed by atoms with Crippen molar-refractivity contribution >= 4 is 57.4 Å². The lowest BCUT2D eigenvalue weighted by molar-refractivity contribution is -0.141. The van der Waals surface area contributed by atoms with E-state index in [1.54, 1.807) is 45.9 Å². The van der Waals surface area contributed by atoms with Crippen molar-refractivity contribution in [2.45, 2.75) is 119 Å². The molecule has 6 N–H and O–H groups in total. The molecular formula is C57H65F5N10O9. The van der Waals surface area contributed by atoms with E-state index in [2.05, 4.69) is 30.3 Å². The first kappa shape index (κ1) is 56.7. The number of carbonyl (C=O) groups is 4. The first-order valence-electron chi connectivity index (χ1n) is 27.1. The van der Waals surface area contributed by atoms with Crippen molar-refractivity contribution in [3.63, 3.8) is 0 Å². The minimum absolute atomic E-state index is 0.0189. The molecule has 10 rings (SSSR count). The second kappa shape index (κ2) is 23.1. The smallest absolute Gasteiger partial charge is 0.407 e. The zero-order valence-corrected chi connectivity index (χ0v) is 45.4. The van der Waals surface area contributed by atoms with Gasteiger partial charge < -0.3 is 64.6 Å². The van der Waals surface area contributed by atoms with E-state index in [0.29, 0.717) is 75.0 Å². The SMILES string of the molecule is COC(=O)N[C@H](C(=O)N1CCC[C@H]1c1nc2cc(F)c([C@H]3CC[C@H](c4cc5[nH]c([C@@]6(C)CCCN6C(=O)[C@@H](NC(=O)OC)[C@@H](C)OC)nc5cc4F)N3c3cc(F)c(N4CCC(c5ccc(F)cc5)CC4)c(F)c3)cc2[nH]1)[C@H](O)CO. The van der Waals surface area contributed by atoms with E-state index in [0.717, 1.165) is 12.7 Å². The third kappa shape index (κ3) is 10.8. The van der Waals surface area contributed by atoms with Crippen LogP contribution in [0.5, 0.6) is 0 Å². The van der Waals surface area contributed by atoms with E-state index in [-0.39, 0.29) is 70.5 Å². The summed E-state index contributed by atoms with van der Waals surface area (Å²) in [5.41, 5.74) is 1.07. The van der Waals surface area contributed by atoms with Crippen LogP contribution in [0.2, 0.25) is 0 Å². The van der Waals surface area contributed by atoms with Crippen LogP contribution in [0, 0.1) is 29.1 Å². The van der Waals surface area contributed by atoms with Gasteiger partial charge in [0.05, 0.1) is 72.7 Å². The predicted octanol–water partition coefficient (Wildman–Crippen LogP) is 7.94. The summed E-state index contributed by atoms with van der Waals surface area (Å²) in [5.74, 6) is -3.99. The lowest BCUT2D eigenvalue weighted by Crippen LogP contribution is -2.57. The maximum Gasteiger partial charge on any atom is 0.407 e. The van der Waals surface area contributed by atoms with Crippen molar-refractivity contribution in [1.82, 2.24) is 40.4 Å². The number of H-pyrrole nitrogens is 2. The number of hydrogen-bond donors (Lipinski definition) is 6. The number of piperidine rings is 1. The number of nitrogens with zero attached hydrogens (tertiary/aromatic N) is 6. The number of amides is 4. The number of benzene rings is 4. The summed E-state index contributed by atoms with van der Waals surface area (Å²) >= 11 is 0. The molecule has 0 radical (unpaired) electrons. The molecule has 0 aliphatic carbocycles. The Morgan fingerprint density at radius 2 is 1.31 bits per heavy atom. The molecule has 0 bridgehead atoms. The first-order chi connectivity index (χ1) is 38.8. The first-order valence-corrected chi connectivity index (χ1v) is 27.1. The Morgan fingerprint density at radius 1 is 0.716 bits per heavy atom. The highest BCUT2D eigenvalue weighted by Crippen LogP contribution is 2.50. The number of imidazole rings is 2. The number of ether oxygens (including phenoxy) is 3.